The van der Waals surface area contributed by atoms with Gasteiger partial charge >= 0.3 is 0 Å². The van der Waals surface area contributed by atoms with Crippen LogP contribution in [0, 0.1) is 0 Å². The van der Waals surface area contributed by atoms with Crippen molar-refractivity contribution in [1.82, 2.24) is 20.4 Å². The van der Waals surface area contributed by atoms with Gasteiger partial charge in [0.05, 0.1) is 23.1 Å². The molecule has 0 bridgehead atoms. The van der Waals surface area contributed by atoms with Gasteiger partial charge in [-0.1, -0.05) is 25.4 Å². The van der Waals surface area contributed by atoms with Crippen LogP contribution in [0.15, 0.2) is 30.5 Å². The van der Waals surface area contributed by atoms with Crippen molar-refractivity contribution in [2.24, 2.45) is 0 Å². The van der Waals surface area contributed by atoms with Crippen molar-refractivity contribution in [3.8, 4) is 5.69 Å². The van der Waals surface area contributed by atoms with E-state index in [1.165, 1.54) is 0 Å². The smallest absolute Gasteiger partial charge is 0.254 e. The maximum atomic E-state index is 12.5. The monoisotopic (exact) mass is 334 g/mol. The molecule has 0 saturated carbocycles. The van der Waals surface area contributed by atoms with Crippen LogP contribution in [-0.4, -0.2) is 35.3 Å². The van der Waals surface area contributed by atoms with Gasteiger partial charge < -0.3 is 10.6 Å². The molecule has 0 spiro atoms. The second kappa shape index (κ2) is 7.62. The summed E-state index contributed by atoms with van der Waals surface area (Å²) in [6.45, 7) is 6.69. The number of hydrogen-bond donors (Lipinski definition) is 2. The molecular formula is C17H23ClN4O. The molecule has 23 heavy (non-hydrogen) atoms. The van der Waals surface area contributed by atoms with Crippen LogP contribution in [0.3, 0.4) is 0 Å². The number of aromatic nitrogens is 2. The average Bonchev–Trinajstić information content (AvgIpc) is 2.98. The molecule has 2 aromatic rings. The highest BCUT2D eigenvalue weighted by Gasteiger charge is 2.21. The van der Waals surface area contributed by atoms with Crippen LogP contribution in [0.1, 0.15) is 42.7 Å². The summed E-state index contributed by atoms with van der Waals surface area (Å²) in [7, 11) is 1.87. The molecule has 2 rings (SSSR count). The molecule has 0 aliphatic carbocycles. The van der Waals surface area contributed by atoms with Crippen molar-refractivity contribution in [3.63, 3.8) is 0 Å². The lowest BCUT2D eigenvalue weighted by atomic mass is 10.0. The van der Waals surface area contributed by atoms with Crippen molar-refractivity contribution >= 4 is 17.5 Å². The van der Waals surface area contributed by atoms with Gasteiger partial charge in [0.1, 0.15) is 0 Å². The Hall–Kier alpha value is -1.85. The molecule has 1 heterocycles. The maximum absolute atomic E-state index is 12.5. The molecule has 1 unspecified atom stereocenters. The number of nitrogens with one attached hydrogen (secondary N) is 2. The number of hydrogen-bond acceptors (Lipinski definition) is 3. The number of nitrogens with zero attached hydrogens (tertiary/aromatic N) is 2. The first-order chi connectivity index (χ1) is 10.9. The minimum Gasteiger partial charge on any atom is -0.350 e. The lowest BCUT2D eigenvalue weighted by Gasteiger charge is -2.14. The number of carbonyl (C=O) groups is 1. The molecule has 0 radical (unpaired) electrons. The Morgan fingerprint density at radius 3 is 2.48 bits per heavy atom. The predicted octanol–water partition coefficient (Wildman–Crippen LogP) is 2.99. The third kappa shape index (κ3) is 4.12. The van der Waals surface area contributed by atoms with E-state index in [0.717, 1.165) is 11.4 Å². The minimum atomic E-state index is -0.101. The Morgan fingerprint density at radius 2 is 1.91 bits per heavy atom. The van der Waals surface area contributed by atoms with Crippen LogP contribution in [0.25, 0.3) is 5.69 Å². The molecule has 1 aromatic carbocycles. The zero-order valence-corrected chi connectivity index (χ0v) is 14.7. The highest BCUT2D eigenvalue weighted by molar-refractivity contribution is 6.30. The Balaban J connectivity index is 2.31. The van der Waals surface area contributed by atoms with Gasteiger partial charge in [0, 0.05) is 17.6 Å². The first-order valence-electron chi connectivity index (χ1n) is 7.73. The number of carbonyl (C=O) groups excluding carboxylic acids is 1. The normalized spacial score (nSPS) is 12.4. The van der Waals surface area contributed by atoms with Crippen LogP contribution in [0.2, 0.25) is 5.02 Å². The Bertz CT molecular complexity index is 664. The third-order valence-corrected chi connectivity index (χ3v) is 3.98. The first-order valence-corrected chi connectivity index (χ1v) is 8.11. The first kappa shape index (κ1) is 17.5. The second-order valence-electron chi connectivity index (χ2n) is 5.89. The van der Waals surface area contributed by atoms with Gasteiger partial charge in [0.2, 0.25) is 0 Å². The molecule has 1 aromatic heterocycles. The Kier molecular flexibility index (Phi) is 5.80. The zero-order valence-electron chi connectivity index (χ0n) is 13.9. The summed E-state index contributed by atoms with van der Waals surface area (Å²) in [5.74, 6) is 0.0617. The quantitative estimate of drug-likeness (QED) is 0.853. The van der Waals surface area contributed by atoms with Gasteiger partial charge in [-0.25, -0.2) is 4.68 Å². The van der Waals surface area contributed by atoms with E-state index in [0.29, 0.717) is 17.1 Å². The zero-order chi connectivity index (χ0) is 17.0. The van der Waals surface area contributed by atoms with Crippen LogP contribution < -0.4 is 10.6 Å². The summed E-state index contributed by atoms with van der Waals surface area (Å²) < 4.78 is 1.80. The largest absolute Gasteiger partial charge is 0.350 e. The van der Waals surface area contributed by atoms with Crippen LogP contribution >= 0.6 is 11.6 Å². The molecule has 124 valence electrons. The number of halogens is 1. The van der Waals surface area contributed by atoms with E-state index in [4.69, 9.17) is 11.6 Å². The SMILES string of the molecule is CNC(C)CNC(=O)c1cnn(-c2ccc(Cl)cc2)c1C(C)C. The average molecular weight is 335 g/mol. The van der Waals surface area contributed by atoms with E-state index in [9.17, 15) is 4.79 Å². The highest BCUT2D eigenvalue weighted by atomic mass is 35.5. The number of amides is 1. The van der Waals surface area contributed by atoms with Gasteiger partial charge in [-0.05, 0) is 44.2 Å². The van der Waals surface area contributed by atoms with E-state index >= 15 is 0 Å². The number of likely N-dealkylation sites (N-methyl/N-ethyl adjacent to an activating group) is 1. The van der Waals surface area contributed by atoms with Crippen molar-refractivity contribution in [2.75, 3.05) is 13.6 Å². The molecule has 1 amide bonds. The van der Waals surface area contributed by atoms with Crippen molar-refractivity contribution in [2.45, 2.75) is 32.7 Å². The van der Waals surface area contributed by atoms with Gasteiger partial charge in [0.15, 0.2) is 0 Å². The van der Waals surface area contributed by atoms with E-state index in [-0.39, 0.29) is 17.9 Å². The lowest BCUT2D eigenvalue weighted by Crippen LogP contribution is -2.37. The Labute approximate surface area is 142 Å². The summed E-state index contributed by atoms with van der Waals surface area (Å²) in [6, 6.07) is 7.64. The van der Waals surface area contributed by atoms with Gasteiger partial charge in [-0.3, -0.25) is 4.79 Å². The molecule has 0 fully saturated rings. The van der Waals surface area contributed by atoms with E-state index in [2.05, 4.69) is 29.6 Å². The van der Waals surface area contributed by atoms with E-state index < -0.39 is 0 Å². The molecule has 0 aliphatic rings. The van der Waals surface area contributed by atoms with Gasteiger partial charge in [0.25, 0.3) is 5.91 Å². The molecular weight excluding hydrogens is 312 g/mol. The minimum absolute atomic E-state index is 0.101. The summed E-state index contributed by atoms with van der Waals surface area (Å²) in [6.07, 6.45) is 1.63. The fraction of sp³-hybridized carbons (Fsp3) is 0.412. The van der Waals surface area contributed by atoms with E-state index in [1.807, 2.05) is 38.2 Å². The van der Waals surface area contributed by atoms with Gasteiger partial charge in [-0.2, -0.15) is 5.10 Å². The van der Waals surface area contributed by atoms with Crippen LogP contribution in [0.4, 0.5) is 0 Å². The third-order valence-electron chi connectivity index (χ3n) is 3.73. The summed E-state index contributed by atoms with van der Waals surface area (Å²) in [5.41, 5.74) is 2.39. The molecule has 1 atom stereocenters. The van der Waals surface area contributed by atoms with Crippen molar-refractivity contribution in [1.29, 1.82) is 0 Å². The maximum Gasteiger partial charge on any atom is 0.254 e. The summed E-state index contributed by atoms with van der Waals surface area (Å²) >= 11 is 5.94. The molecule has 0 aliphatic heterocycles. The van der Waals surface area contributed by atoms with Crippen molar-refractivity contribution < 1.29 is 4.79 Å². The predicted molar refractivity (Wildman–Crippen MR) is 93.5 cm³/mol. The lowest BCUT2D eigenvalue weighted by molar-refractivity contribution is 0.0949. The molecule has 5 nitrogen and oxygen atoms in total. The molecule has 6 heteroatoms. The fourth-order valence-corrected chi connectivity index (χ4v) is 2.45. The summed E-state index contributed by atoms with van der Waals surface area (Å²) in [5, 5.41) is 11.1. The standard InChI is InChI=1S/C17H23ClN4O/c1-11(2)16-15(17(23)20-9-12(3)19-4)10-21-22(16)14-7-5-13(18)6-8-14/h5-8,10-12,19H,9H2,1-4H3,(H,20,23). The van der Waals surface area contributed by atoms with E-state index in [1.54, 1.807) is 10.9 Å². The van der Waals surface area contributed by atoms with Crippen LogP contribution in [0.5, 0.6) is 0 Å². The highest BCUT2D eigenvalue weighted by Crippen LogP contribution is 2.23. The number of benzene rings is 1. The summed E-state index contributed by atoms with van der Waals surface area (Å²) in [4.78, 5) is 12.5. The number of rotatable bonds is 6. The second-order valence-corrected chi connectivity index (χ2v) is 6.32. The molecule has 2 N–H and O–H groups in total. The van der Waals surface area contributed by atoms with Crippen LogP contribution in [-0.2, 0) is 0 Å². The topological polar surface area (TPSA) is 58.9 Å². The fourth-order valence-electron chi connectivity index (χ4n) is 2.32. The van der Waals surface area contributed by atoms with Crippen molar-refractivity contribution in [3.05, 3.63) is 46.7 Å². The Morgan fingerprint density at radius 1 is 1.26 bits per heavy atom. The molecule has 0 saturated heterocycles. The van der Waals surface area contributed by atoms with Gasteiger partial charge in [-0.15, -0.1) is 0 Å².